The van der Waals surface area contributed by atoms with Crippen LogP contribution in [-0.4, -0.2) is 41.4 Å². The predicted molar refractivity (Wildman–Crippen MR) is 66.3 cm³/mol. The van der Waals surface area contributed by atoms with Crippen molar-refractivity contribution >= 4 is 17.3 Å². The van der Waals surface area contributed by atoms with Gasteiger partial charge in [0, 0.05) is 19.2 Å². The number of hydrogen-bond acceptors (Lipinski definition) is 7. The number of nitrogens with one attached hydrogen (secondary N) is 1. The molecule has 8 nitrogen and oxygen atoms in total. The highest BCUT2D eigenvalue weighted by atomic mass is 16.6. The SMILES string of the molecule is Nc1ccc([N+](=O)[O-])c(NCCCOCCO)n1. The zero-order valence-corrected chi connectivity index (χ0v) is 9.83. The summed E-state index contributed by atoms with van der Waals surface area (Å²) >= 11 is 0. The van der Waals surface area contributed by atoms with Crippen LogP contribution in [0, 0.1) is 10.1 Å². The van der Waals surface area contributed by atoms with Crippen LogP contribution in [0.3, 0.4) is 0 Å². The Morgan fingerprint density at radius 1 is 1.50 bits per heavy atom. The van der Waals surface area contributed by atoms with E-state index < -0.39 is 4.92 Å². The number of nitrogen functional groups attached to an aromatic ring is 1. The summed E-state index contributed by atoms with van der Waals surface area (Å²) < 4.78 is 5.05. The quantitative estimate of drug-likeness (QED) is 0.349. The summed E-state index contributed by atoms with van der Waals surface area (Å²) in [6, 6.07) is 2.70. The Bertz CT molecular complexity index is 399. The summed E-state index contributed by atoms with van der Waals surface area (Å²) in [7, 11) is 0. The minimum absolute atomic E-state index is 0.0182. The van der Waals surface area contributed by atoms with Crippen molar-refractivity contribution in [1.29, 1.82) is 0 Å². The van der Waals surface area contributed by atoms with Crippen LogP contribution in [0.25, 0.3) is 0 Å². The molecule has 0 bridgehead atoms. The maximum Gasteiger partial charge on any atom is 0.311 e. The molecular weight excluding hydrogens is 240 g/mol. The number of aromatic nitrogens is 1. The summed E-state index contributed by atoms with van der Waals surface area (Å²) in [6.07, 6.45) is 0.646. The van der Waals surface area contributed by atoms with Crippen molar-refractivity contribution in [1.82, 2.24) is 4.98 Å². The molecule has 1 heterocycles. The number of aliphatic hydroxyl groups is 1. The molecule has 4 N–H and O–H groups in total. The lowest BCUT2D eigenvalue weighted by atomic mass is 10.3. The Balaban J connectivity index is 2.45. The average molecular weight is 256 g/mol. The van der Waals surface area contributed by atoms with Gasteiger partial charge < -0.3 is 20.9 Å². The number of pyridine rings is 1. The molecule has 0 aromatic carbocycles. The molecule has 18 heavy (non-hydrogen) atoms. The third-order valence-electron chi connectivity index (χ3n) is 2.09. The largest absolute Gasteiger partial charge is 0.394 e. The molecule has 0 atom stereocenters. The summed E-state index contributed by atoms with van der Waals surface area (Å²) in [5.41, 5.74) is 5.36. The van der Waals surface area contributed by atoms with Gasteiger partial charge in [-0.15, -0.1) is 0 Å². The second kappa shape index (κ2) is 7.41. The minimum atomic E-state index is -0.517. The highest BCUT2D eigenvalue weighted by molar-refractivity contribution is 5.59. The van der Waals surface area contributed by atoms with Gasteiger partial charge in [0.05, 0.1) is 18.1 Å². The van der Waals surface area contributed by atoms with Crippen LogP contribution in [0.2, 0.25) is 0 Å². The van der Waals surface area contributed by atoms with E-state index in [1.807, 2.05) is 0 Å². The van der Waals surface area contributed by atoms with Crippen LogP contribution in [0.1, 0.15) is 6.42 Å². The Morgan fingerprint density at radius 2 is 2.28 bits per heavy atom. The van der Waals surface area contributed by atoms with E-state index in [0.717, 1.165) is 0 Å². The molecule has 0 aliphatic heterocycles. The first-order chi connectivity index (χ1) is 8.65. The molecule has 0 amide bonds. The van der Waals surface area contributed by atoms with Crippen molar-refractivity contribution < 1.29 is 14.8 Å². The number of aliphatic hydroxyl groups excluding tert-OH is 1. The molecule has 0 fully saturated rings. The first kappa shape index (κ1) is 14.1. The van der Waals surface area contributed by atoms with E-state index in [4.69, 9.17) is 15.6 Å². The Labute approximate surface area is 104 Å². The second-order valence-corrected chi connectivity index (χ2v) is 3.48. The number of rotatable bonds is 8. The van der Waals surface area contributed by atoms with Crippen molar-refractivity contribution in [2.45, 2.75) is 6.42 Å². The zero-order valence-electron chi connectivity index (χ0n) is 9.83. The highest BCUT2D eigenvalue weighted by Gasteiger charge is 2.14. The zero-order chi connectivity index (χ0) is 13.4. The fourth-order valence-electron chi connectivity index (χ4n) is 1.29. The maximum atomic E-state index is 10.7. The van der Waals surface area contributed by atoms with Gasteiger partial charge in [0.25, 0.3) is 0 Å². The topological polar surface area (TPSA) is 124 Å². The Hall–Kier alpha value is -1.93. The lowest BCUT2D eigenvalue weighted by Crippen LogP contribution is -2.10. The van der Waals surface area contributed by atoms with Gasteiger partial charge in [-0.2, -0.15) is 0 Å². The normalized spacial score (nSPS) is 10.3. The molecule has 1 aromatic heterocycles. The number of anilines is 2. The lowest BCUT2D eigenvalue weighted by Gasteiger charge is -2.07. The molecule has 100 valence electrons. The standard InChI is InChI=1S/C10H16N4O4/c11-9-3-2-8(14(16)17)10(13-9)12-4-1-6-18-7-5-15/h2-3,15H,1,4-7H2,(H3,11,12,13). The van der Waals surface area contributed by atoms with Gasteiger partial charge in [-0.25, -0.2) is 4.98 Å². The predicted octanol–water partition coefficient (Wildman–Crippen LogP) is 0.383. The highest BCUT2D eigenvalue weighted by Crippen LogP contribution is 2.22. The number of ether oxygens (including phenoxy) is 1. The molecule has 0 saturated carbocycles. The van der Waals surface area contributed by atoms with E-state index in [-0.39, 0.29) is 30.5 Å². The van der Waals surface area contributed by atoms with Crippen molar-refractivity contribution in [3.63, 3.8) is 0 Å². The molecule has 0 unspecified atom stereocenters. The van der Waals surface area contributed by atoms with Gasteiger partial charge in [0.2, 0.25) is 5.82 Å². The molecule has 0 aliphatic carbocycles. The maximum absolute atomic E-state index is 10.7. The van der Waals surface area contributed by atoms with E-state index >= 15 is 0 Å². The molecule has 0 radical (unpaired) electrons. The molecule has 1 aromatic rings. The summed E-state index contributed by atoms with van der Waals surface area (Å²) in [5.74, 6) is 0.377. The lowest BCUT2D eigenvalue weighted by molar-refractivity contribution is -0.384. The fourth-order valence-corrected chi connectivity index (χ4v) is 1.29. The van der Waals surface area contributed by atoms with Gasteiger partial charge in [-0.3, -0.25) is 10.1 Å². The molecular formula is C10H16N4O4. The third kappa shape index (κ3) is 4.52. The Morgan fingerprint density at radius 3 is 2.94 bits per heavy atom. The number of nitrogens with two attached hydrogens (primary N) is 1. The van der Waals surface area contributed by atoms with Gasteiger partial charge in [-0.1, -0.05) is 0 Å². The average Bonchev–Trinajstić information content (AvgIpc) is 2.33. The molecule has 8 heteroatoms. The van der Waals surface area contributed by atoms with Crippen LogP contribution in [-0.2, 0) is 4.74 Å². The Kier molecular flexibility index (Phi) is 5.81. The first-order valence-electron chi connectivity index (χ1n) is 5.48. The van der Waals surface area contributed by atoms with Crippen LogP contribution < -0.4 is 11.1 Å². The van der Waals surface area contributed by atoms with Crippen molar-refractivity contribution in [2.75, 3.05) is 37.4 Å². The summed E-state index contributed by atoms with van der Waals surface area (Å²) in [5, 5.41) is 22.1. The van der Waals surface area contributed by atoms with E-state index in [9.17, 15) is 10.1 Å². The van der Waals surface area contributed by atoms with Gasteiger partial charge in [0.15, 0.2) is 0 Å². The first-order valence-corrected chi connectivity index (χ1v) is 5.48. The van der Waals surface area contributed by atoms with Gasteiger partial charge in [0.1, 0.15) is 5.82 Å². The molecule has 0 spiro atoms. The van der Waals surface area contributed by atoms with Crippen LogP contribution in [0.5, 0.6) is 0 Å². The number of nitrogens with zero attached hydrogens (tertiary/aromatic N) is 2. The number of hydrogen-bond donors (Lipinski definition) is 3. The summed E-state index contributed by atoms with van der Waals surface area (Å²) in [4.78, 5) is 14.1. The van der Waals surface area contributed by atoms with Crippen LogP contribution >= 0.6 is 0 Å². The van der Waals surface area contributed by atoms with Crippen molar-refractivity contribution in [3.8, 4) is 0 Å². The summed E-state index contributed by atoms with van der Waals surface area (Å²) in [6.45, 7) is 1.21. The van der Waals surface area contributed by atoms with Crippen molar-refractivity contribution in [3.05, 3.63) is 22.2 Å². The van der Waals surface area contributed by atoms with E-state index in [2.05, 4.69) is 10.3 Å². The van der Waals surface area contributed by atoms with E-state index in [0.29, 0.717) is 19.6 Å². The minimum Gasteiger partial charge on any atom is -0.394 e. The van der Waals surface area contributed by atoms with E-state index in [1.54, 1.807) is 0 Å². The smallest absolute Gasteiger partial charge is 0.311 e. The van der Waals surface area contributed by atoms with Crippen molar-refractivity contribution in [2.24, 2.45) is 0 Å². The fraction of sp³-hybridized carbons (Fsp3) is 0.500. The van der Waals surface area contributed by atoms with Crippen LogP contribution in [0.4, 0.5) is 17.3 Å². The van der Waals surface area contributed by atoms with Gasteiger partial charge >= 0.3 is 5.69 Å². The number of nitro groups is 1. The van der Waals surface area contributed by atoms with Crippen LogP contribution in [0.15, 0.2) is 12.1 Å². The van der Waals surface area contributed by atoms with E-state index in [1.165, 1.54) is 12.1 Å². The molecule has 1 rings (SSSR count). The third-order valence-corrected chi connectivity index (χ3v) is 2.09. The van der Waals surface area contributed by atoms with Gasteiger partial charge in [-0.05, 0) is 12.5 Å². The monoisotopic (exact) mass is 256 g/mol. The molecule has 0 saturated heterocycles. The second-order valence-electron chi connectivity index (χ2n) is 3.48. The molecule has 0 aliphatic rings.